The van der Waals surface area contributed by atoms with Crippen LogP contribution in [0.2, 0.25) is 0 Å². The van der Waals surface area contributed by atoms with Crippen molar-refractivity contribution in [3.63, 3.8) is 0 Å². The fourth-order valence-electron chi connectivity index (χ4n) is 13.8. The Balaban J connectivity index is 0.999. The maximum absolute atomic E-state index is 13.8. The normalized spacial score (nSPS) is 33.1. The first kappa shape index (κ1) is 37.7. The first-order valence-corrected chi connectivity index (χ1v) is 21.2. The lowest BCUT2D eigenvalue weighted by molar-refractivity contribution is -0.186. The smallest absolute Gasteiger partial charge is 0.223 e. The van der Waals surface area contributed by atoms with Gasteiger partial charge in [0.05, 0.1) is 5.69 Å². The molecule has 6 aliphatic rings. The van der Waals surface area contributed by atoms with Crippen LogP contribution in [0.15, 0.2) is 18.2 Å². The molecule has 6 aliphatic carbocycles. The first-order chi connectivity index (χ1) is 24.4. The molecule has 0 radical (unpaired) electrons. The van der Waals surface area contributed by atoms with Gasteiger partial charge >= 0.3 is 0 Å². The topological polar surface area (TPSA) is 72.0 Å². The third kappa shape index (κ3) is 8.24. The van der Waals surface area contributed by atoms with E-state index in [-0.39, 0.29) is 28.6 Å². The molecular formula is C47H69N3O2. The van der Waals surface area contributed by atoms with Crippen LogP contribution in [0.1, 0.15) is 196 Å². The summed E-state index contributed by atoms with van der Waals surface area (Å²) in [5, 5.41) is 3.23. The van der Waals surface area contributed by atoms with Crippen molar-refractivity contribution in [1.29, 1.82) is 0 Å². The van der Waals surface area contributed by atoms with E-state index in [2.05, 4.69) is 51.2 Å². The quantitative estimate of drug-likeness (QED) is 0.252. The molecule has 5 nitrogen and oxygen atoms in total. The SMILES string of the molecule is Cc1nc(CC[C@H](CC(=O)CCC23CC4(C)CC(C)(CC(C)(C4)C2)C3)C(=O)NC(C)(C)C)c(C)c(C2CCC(c3ccc4c(c3)CCCC4)CC2)n1. The Labute approximate surface area is 315 Å². The summed E-state index contributed by atoms with van der Waals surface area (Å²) in [6.07, 6.45) is 21.0. The maximum Gasteiger partial charge on any atom is 0.223 e. The van der Waals surface area contributed by atoms with Gasteiger partial charge in [-0.3, -0.25) is 9.59 Å². The van der Waals surface area contributed by atoms with Crippen LogP contribution in [-0.4, -0.2) is 27.2 Å². The highest BCUT2D eigenvalue weighted by Crippen LogP contribution is 2.74. The molecule has 4 bridgehead atoms. The molecule has 0 aliphatic heterocycles. The molecule has 1 aromatic carbocycles. The molecule has 52 heavy (non-hydrogen) atoms. The Bertz CT molecular complexity index is 1620. The molecule has 1 atom stereocenters. The maximum atomic E-state index is 13.8. The molecule has 5 saturated carbocycles. The second kappa shape index (κ2) is 13.9. The standard InChI is InChI=1S/C47H69N3O2/c1-31-40(48-32(2)49-41(31)35-16-13-34(14-17-35)37-18-15-33-11-9-10-12-36(33)23-37)20-19-38(42(52)50-43(3,4)5)24-39(51)21-22-47-28-44(6)25-45(7,29-47)27-46(8,26-44)30-47/h15,18,23,34-35,38H,9-14,16-17,19-22,24-30H2,1-8H3,(H,50,52)/t34?,35?,38-,44?,45?,46?,47?/m1/s1. The molecule has 0 saturated heterocycles. The van der Waals surface area contributed by atoms with E-state index >= 15 is 0 Å². The number of ketones is 1. The average Bonchev–Trinajstić information content (AvgIpc) is 3.04. The summed E-state index contributed by atoms with van der Waals surface area (Å²) >= 11 is 0. The molecule has 284 valence electrons. The minimum absolute atomic E-state index is 0.00680. The number of hydrogen-bond donors (Lipinski definition) is 1. The zero-order chi connectivity index (χ0) is 37.1. The van der Waals surface area contributed by atoms with Crippen molar-refractivity contribution in [1.82, 2.24) is 15.3 Å². The van der Waals surface area contributed by atoms with Crippen LogP contribution in [0.3, 0.4) is 0 Å². The van der Waals surface area contributed by atoms with E-state index in [0.29, 0.717) is 53.8 Å². The first-order valence-electron chi connectivity index (χ1n) is 21.2. The highest BCUT2D eigenvalue weighted by atomic mass is 16.2. The summed E-state index contributed by atoms with van der Waals surface area (Å²) in [4.78, 5) is 37.6. The molecule has 5 fully saturated rings. The van der Waals surface area contributed by atoms with Gasteiger partial charge < -0.3 is 5.32 Å². The molecule has 1 N–H and O–H groups in total. The second-order valence-corrected chi connectivity index (χ2v) is 21.2. The zero-order valence-corrected chi connectivity index (χ0v) is 34.1. The molecule has 1 aromatic heterocycles. The van der Waals surface area contributed by atoms with Gasteiger partial charge in [0.25, 0.3) is 0 Å². The van der Waals surface area contributed by atoms with Crippen molar-refractivity contribution in [3.8, 4) is 0 Å². The van der Waals surface area contributed by atoms with E-state index in [0.717, 1.165) is 30.8 Å². The van der Waals surface area contributed by atoms with Crippen LogP contribution >= 0.6 is 0 Å². The Morgan fingerprint density at radius 1 is 0.827 bits per heavy atom. The minimum atomic E-state index is -0.346. The molecule has 1 heterocycles. The monoisotopic (exact) mass is 708 g/mol. The molecule has 1 amide bonds. The number of nitrogens with one attached hydrogen (secondary N) is 1. The Morgan fingerprint density at radius 3 is 2.04 bits per heavy atom. The number of rotatable bonds is 11. The summed E-state index contributed by atoms with van der Waals surface area (Å²) in [5.74, 6) is 1.84. The van der Waals surface area contributed by atoms with Gasteiger partial charge in [-0.1, -0.05) is 39.0 Å². The summed E-state index contributed by atoms with van der Waals surface area (Å²) in [6.45, 7) is 17.9. The number of amides is 1. The number of fused-ring (bicyclic) bond motifs is 1. The van der Waals surface area contributed by atoms with Crippen LogP contribution in [0.4, 0.5) is 0 Å². The van der Waals surface area contributed by atoms with Crippen molar-refractivity contribution in [3.05, 3.63) is 57.7 Å². The van der Waals surface area contributed by atoms with E-state index in [1.165, 1.54) is 88.3 Å². The van der Waals surface area contributed by atoms with Crippen molar-refractivity contribution in [2.75, 3.05) is 0 Å². The van der Waals surface area contributed by atoms with Gasteiger partial charge in [-0.15, -0.1) is 0 Å². The summed E-state index contributed by atoms with van der Waals surface area (Å²) in [6, 6.07) is 7.35. The number of benzene rings is 1. The van der Waals surface area contributed by atoms with Crippen LogP contribution in [0.5, 0.6) is 0 Å². The number of carbonyl (C=O) groups is 2. The Kier molecular flexibility index (Phi) is 10.1. The molecule has 0 spiro atoms. The van der Waals surface area contributed by atoms with Gasteiger partial charge in [0.1, 0.15) is 11.6 Å². The van der Waals surface area contributed by atoms with Gasteiger partial charge in [0.2, 0.25) is 5.91 Å². The Hall–Kier alpha value is -2.56. The summed E-state index contributed by atoms with van der Waals surface area (Å²) < 4.78 is 0. The van der Waals surface area contributed by atoms with Crippen molar-refractivity contribution in [2.45, 2.75) is 195 Å². The Morgan fingerprint density at radius 2 is 1.42 bits per heavy atom. The van der Waals surface area contributed by atoms with Crippen LogP contribution < -0.4 is 5.32 Å². The predicted molar refractivity (Wildman–Crippen MR) is 212 cm³/mol. The molecule has 0 unspecified atom stereocenters. The van der Waals surface area contributed by atoms with Gasteiger partial charge in [-0.2, -0.15) is 0 Å². The number of aryl methyl sites for hydroxylation is 4. The van der Waals surface area contributed by atoms with Crippen molar-refractivity contribution >= 4 is 11.7 Å². The van der Waals surface area contributed by atoms with E-state index in [1.54, 1.807) is 16.7 Å². The fraction of sp³-hybridized carbons (Fsp3) is 0.745. The van der Waals surface area contributed by atoms with Gasteiger partial charge in [0.15, 0.2) is 0 Å². The number of carbonyl (C=O) groups excluding carboxylic acids is 2. The van der Waals surface area contributed by atoms with Crippen LogP contribution in [0.25, 0.3) is 0 Å². The third-order valence-electron chi connectivity index (χ3n) is 14.3. The van der Waals surface area contributed by atoms with E-state index < -0.39 is 0 Å². The van der Waals surface area contributed by atoms with E-state index in [9.17, 15) is 9.59 Å². The molecule has 5 heteroatoms. The average molecular weight is 708 g/mol. The minimum Gasteiger partial charge on any atom is -0.351 e. The van der Waals surface area contributed by atoms with Crippen LogP contribution in [-0.2, 0) is 28.9 Å². The van der Waals surface area contributed by atoms with Crippen molar-refractivity contribution < 1.29 is 9.59 Å². The van der Waals surface area contributed by atoms with E-state index in [1.807, 2.05) is 27.7 Å². The predicted octanol–water partition coefficient (Wildman–Crippen LogP) is 11.0. The number of aromatic nitrogens is 2. The summed E-state index contributed by atoms with van der Waals surface area (Å²) in [5.41, 5.74) is 9.38. The molecule has 2 aromatic rings. The molecular weight excluding hydrogens is 639 g/mol. The zero-order valence-electron chi connectivity index (χ0n) is 34.1. The number of Topliss-reactive ketones (excluding diaryl/α,β-unsaturated/α-hetero) is 1. The van der Waals surface area contributed by atoms with Gasteiger partial charge in [-0.25, -0.2) is 9.97 Å². The van der Waals surface area contributed by atoms with Crippen LogP contribution in [0, 0.1) is 41.4 Å². The van der Waals surface area contributed by atoms with Gasteiger partial charge in [-0.05, 0) is 194 Å². The highest BCUT2D eigenvalue weighted by molar-refractivity contribution is 5.87. The lowest BCUT2D eigenvalue weighted by Gasteiger charge is -2.69. The number of hydrogen-bond acceptors (Lipinski definition) is 4. The third-order valence-corrected chi connectivity index (χ3v) is 14.3. The van der Waals surface area contributed by atoms with Gasteiger partial charge in [0, 0.05) is 35.9 Å². The lowest BCUT2D eigenvalue weighted by Crippen LogP contribution is -2.58. The van der Waals surface area contributed by atoms with Crippen molar-refractivity contribution in [2.24, 2.45) is 27.6 Å². The highest BCUT2D eigenvalue weighted by Gasteiger charge is 2.63. The summed E-state index contributed by atoms with van der Waals surface area (Å²) in [7, 11) is 0. The fourth-order valence-corrected chi connectivity index (χ4v) is 13.8. The largest absolute Gasteiger partial charge is 0.351 e. The second-order valence-electron chi connectivity index (χ2n) is 21.2. The number of nitrogens with zero attached hydrogens (tertiary/aromatic N) is 2. The lowest BCUT2D eigenvalue weighted by atomic mass is 9.36. The molecule has 8 rings (SSSR count). The van der Waals surface area contributed by atoms with E-state index in [4.69, 9.17) is 9.97 Å².